The smallest absolute Gasteiger partial charge is 0.347 e. The molecule has 8 heteroatoms. The van der Waals surface area contributed by atoms with Crippen molar-refractivity contribution in [1.82, 2.24) is 4.98 Å². The zero-order valence-corrected chi connectivity index (χ0v) is 20.6. The van der Waals surface area contributed by atoms with Crippen molar-refractivity contribution in [3.05, 3.63) is 88.7 Å². The highest BCUT2D eigenvalue weighted by Gasteiger charge is 2.29. The lowest BCUT2D eigenvalue weighted by molar-refractivity contribution is -0.152. The minimum Gasteiger partial charge on any atom is -0.493 e. The number of hydrogen-bond donors (Lipinski definition) is 1. The summed E-state index contributed by atoms with van der Waals surface area (Å²) in [7, 11) is 0. The molecule has 0 saturated carbocycles. The van der Waals surface area contributed by atoms with E-state index in [1.54, 1.807) is 42.7 Å². The predicted octanol–water partition coefficient (Wildman–Crippen LogP) is 7.18. The van der Waals surface area contributed by atoms with Crippen molar-refractivity contribution < 1.29 is 23.8 Å². The van der Waals surface area contributed by atoms with Gasteiger partial charge in [0.05, 0.1) is 12.3 Å². The molecule has 0 bridgehead atoms. The molecule has 4 aromatic rings. The first-order valence-corrected chi connectivity index (χ1v) is 11.6. The van der Waals surface area contributed by atoms with Crippen molar-refractivity contribution in [3.63, 3.8) is 0 Å². The van der Waals surface area contributed by atoms with Crippen LogP contribution in [-0.2, 0) is 11.2 Å². The summed E-state index contributed by atoms with van der Waals surface area (Å²) in [6, 6.07) is 19.9. The summed E-state index contributed by atoms with van der Waals surface area (Å²) in [5.41, 5.74) is 1.99. The molecule has 0 aliphatic rings. The van der Waals surface area contributed by atoms with E-state index in [2.05, 4.69) is 4.98 Å². The molecule has 0 aliphatic carbocycles. The Morgan fingerprint density at radius 2 is 1.54 bits per heavy atom. The van der Waals surface area contributed by atoms with Gasteiger partial charge in [0.15, 0.2) is 5.60 Å². The molecular formula is C27H23Cl2NO5. The topological polar surface area (TPSA) is 81.8 Å². The summed E-state index contributed by atoms with van der Waals surface area (Å²) in [4.78, 5) is 15.7. The van der Waals surface area contributed by atoms with Crippen LogP contribution < -0.4 is 9.47 Å². The molecule has 1 heterocycles. The van der Waals surface area contributed by atoms with Crippen molar-refractivity contribution in [3.8, 4) is 34.1 Å². The molecule has 180 valence electrons. The highest BCUT2D eigenvalue weighted by atomic mass is 35.5. The molecule has 35 heavy (non-hydrogen) atoms. The van der Waals surface area contributed by atoms with Gasteiger partial charge in [-0.05, 0) is 67.9 Å². The zero-order valence-electron chi connectivity index (χ0n) is 19.1. The van der Waals surface area contributed by atoms with Crippen LogP contribution in [0, 0.1) is 0 Å². The Labute approximate surface area is 213 Å². The SMILES string of the molecule is CC(C)(Oc1ccc(OCCc2coc(-c3ccc(-c4c(Cl)cccc4Cl)cc3)n2)cc1)C(=O)O. The minimum absolute atomic E-state index is 0.400. The third-order valence-electron chi connectivity index (χ3n) is 5.27. The van der Waals surface area contributed by atoms with Gasteiger partial charge in [-0.2, -0.15) is 0 Å². The number of carboxylic acids is 1. The maximum absolute atomic E-state index is 11.2. The molecule has 1 N–H and O–H groups in total. The number of rotatable bonds is 9. The fraction of sp³-hybridized carbons (Fsp3) is 0.185. The molecule has 6 nitrogen and oxygen atoms in total. The molecule has 0 amide bonds. The average Bonchev–Trinajstić information content (AvgIpc) is 3.29. The maximum Gasteiger partial charge on any atom is 0.347 e. The van der Waals surface area contributed by atoms with Gasteiger partial charge < -0.3 is 19.0 Å². The van der Waals surface area contributed by atoms with Gasteiger partial charge in [0.25, 0.3) is 0 Å². The first-order valence-electron chi connectivity index (χ1n) is 10.9. The van der Waals surface area contributed by atoms with E-state index in [0.717, 1.165) is 22.4 Å². The van der Waals surface area contributed by atoms with E-state index in [9.17, 15) is 4.79 Å². The summed E-state index contributed by atoms with van der Waals surface area (Å²) in [6.45, 7) is 3.39. The van der Waals surface area contributed by atoms with Crippen molar-refractivity contribution in [2.75, 3.05) is 6.61 Å². The fourth-order valence-corrected chi connectivity index (χ4v) is 3.94. The highest BCUT2D eigenvalue weighted by Crippen LogP contribution is 2.35. The number of aromatic nitrogens is 1. The van der Waals surface area contributed by atoms with Gasteiger partial charge in [-0.25, -0.2) is 9.78 Å². The van der Waals surface area contributed by atoms with Crippen LogP contribution in [0.15, 0.2) is 77.4 Å². The first-order chi connectivity index (χ1) is 16.7. The molecule has 0 aliphatic heterocycles. The predicted molar refractivity (Wildman–Crippen MR) is 135 cm³/mol. The second kappa shape index (κ2) is 10.4. The van der Waals surface area contributed by atoms with Crippen LogP contribution in [0.5, 0.6) is 11.5 Å². The number of benzene rings is 3. The summed E-state index contributed by atoms with van der Waals surface area (Å²) in [5, 5.41) is 10.3. The monoisotopic (exact) mass is 511 g/mol. The van der Waals surface area contributed by atoms with Gasteiger partial charge in [-0.3, -0.25) is 0 Å². The second-order valence-corrected chi connectivity index (χ2v) is 9.12. The Kier molecular flexibility index (Phi) is 7.34. The van der Waals surface area contributed by atoms with Crippen LogP contribution in [0.4, 0.5) is 0 Å². The summed E-state index contributed by atoms with van der Waals surface area (Å²) in [5.74, 6) is 0.571. The van der Waals surface area contributed by atoms with Gasteiger partial charge in [-0.1, -0.05) is 41.4 Å². The molecule has 0 unspecified atom stereocenters. The molecule has 0 radical (unpaired) electrons. The number of halogens is 2. The van der Waals surface area contributed by atoms with E-state index in [1.807, 2.05) is 30.3 Å². The van der Waals surface area contributed by atoms with E-state index < -0.39 is 11.6 Å². The number of ether oxygens (including phenoxy) is 2. The Morgan fingerprint density at radius 3 is 2.17 bits per heavy atom. The van der Waals surface area contributed by atoms with E-state index in [4.69, 9.17) is 42.2 Å². The van der Waals surface area contributed by atoms with Gasteiger partial charge in [0.1, 0.15) is 17.8 Å². The number of nitrogens with zero attached hydrogens (tertiary/aromatic N) is 1. The Hall–Kier alpha value is -3.48. The Balaban J connectivity index is 1.33. The van der Waals surface area contributed by atoms with Crippen LogP contribution in [0.25, 0.3) is 22.6 Å². The molecule has 3 aromatic carbocycles. The molecule has 0 atom stereocenters. The van der Waals surface area contributed by atoms with Crippen molar-refractivity contribution in [1.29, 1.82) is 0 Å². The van der Waals surface area contributed by atoms with Gasteiger partial charge >= 0.3 is 5.97 Å². The van der Waals surface area contributed by atoms with Gasteiger partial charge in [-0.15, -0.1) is 0 Å². The fourth-order valence-electron chi connectivity index (χ4n) is 3.32. The Bertz CT molecular complexity index is 1290. The van der Waals surface area contributed by atoms with E-state index in [0.29, 0.717) is 40.5 Å². The molecule has 4 rings (SSSR count). The highest BCUT2D eigenvalue weighted by molar-refractivity contribution is 6.39. The van der Waals surface area contributed by atoms with Crippen LogP contribution in [0.1, 0.15) is 19.5 Å². The molecule has 0 fully saturated rings. The van der Waals surface area contributed by atoms with Crippen LogP contribution in [0.2, 0.25) is 10.0 Å². The van der Waals surface area contributed by atoms with Crippen molar-refractivity contribution in [2.45, 2.75) is 25.9 Å². The lowest BCUT2D eigenvalue weighted by atomic mass is 10.0. The van der Waals surface area contributed by atoms with E-state index in [-0.39, 0.29) is 0 Å². The molecule has 0 saturated heterocycles. The van der Waals surface area contributed by atoms with Crippen LogP contribution in [-0.4, -0.2) is 28.3 Å². The molecule has 0 spiro atoms. The first kappa shape index (κ1) is 24.6. The third kappa shape index (κ3) is 5.96. The number of carboxylic acid groups (broad SMARTS) is 1. The third-order valence-corrected chi connectivity index (χ3v) is 5.90. The number of hydrogen-bond acceptors (Lipinski definition) is 5. The summed E-state index contributed by atoms with van der Waals surface area (Å²) < 4.78 is 16.9. The molecular weight excluding hydrogens is 489 g/mol. The quantitative estimate of drug-likeness (QED) is 0.256. The minimum atomic E-state index is -1.31. The number of carbonyl (C=O) groups is 1. The number of oxazole rings is 1. The van der Waals surface area contributed by atoms with E-state index >= 15 is 0 Å². The normalized spacial score (nSPS) is 11.3. The zero-order chi connectivity index (χ0) is 25.0. The second-order valence-electron chi connectivity index (χ2n) is 8.31. The standard InChI is InChI=1S/C27H23Cl2NO5/c1-27(2,26(31)32)35-21-12-10-20(11-13-21)33-15-14-19-16-34-25(30-19)18-8-6-17(7-9-18)24-22(28)4-3-5-23(24)29/h3-13,16H,14-15H2,1-2H3,(H,31,32). The van der Waals surface area contributed by atoms with Crippen molar-refractivity contribution in [2.24, 2.45) is 0 Å². The average molecular weight is 512 g/mol. The van der Waals surface area contributed by atoms with E-state index in [1.165, 1.54) is 13.8 Å². The lowest BCUT2D eigenvalue weighted by Gasteiger charge is -2.21. The number of aliphatic carboxylic acids is 1. The largest absolute Gasteiger partial charge is 0.493 e. The van der Waals surface area contributed by atoms with Crippen LogP contribution >= 0.6 is 23.2 Å². The lowest BCUT2D eigenvalue weighted by Crippen LogP contribution is -2.37. The maximum atomic E-state index is 11.2. The van der Waals surface area contributed by atoms with Crippen molar-refractivity contribution >= 4 is 29.2 Å². The summed E-state index contributed by atoms with van der Waals surface area (Å²) >= 11 is 12.6. The van der Waals surface area contributed by atoms with Gasteiger partial charge in [0, 0.05) is 27.6 Å². The van der Waals surface area contributed by atoms with Gasteiger partial charge in [0.2, 0.25) is 5.89 Å². The molecule has 1 aromatic heterocycles. The van der Waals surface area contributed by atoms with Crippen LogP contribution in [0.3, 0.4) is 0 Å². The Morgan fingerprint density at radius 1 is 0.943 bits per heavy atom. The summed E-state index contributed by atoms with van der Waals surface area (Å²) in [6.07, 6.45) is 2.17.